The van der Waals surface area contributed by atoms with Crippen molar-refractivity contribution >= 4 is 0 Å². The summed E-state index contributed by atoms with van der Waals surface area (Å²) in [7, 11) is 0. The highest BCUT2D eigenvalue weighted by molar-refractivity contribution is 5.43. The molecule has 0 radical (unpaired) electrons. The van der Waals surface area contributed by atoms with Crippen molar-refractivity contribution in [1.29, 1.82) is 0 Å². The molecule has 3 N–H and O–H groups in total. The Bertz CT molecular complexity index is 443. The molecular formula is C14H19NO3. The molecule has 0 saturated carbocycles. The molecule has 2 aliphatic rings. The van der Waals surface area contributed by atoms with Gasteiger partial charge in [0, 0.05) is 6.54 Å². The van der Waals surface area contributed by atoms with Crippen LogP contribution in [0.3, 0.4) is 0 Å². The number of nitrogens with two attached hydrogens (primary N) is 1. The Morgan fingerprint density at radius 1 is 1.39 bits per heavy atom. The van der Waals surface area contributed by atoms with E-state index in [0.717, 1.165) is 30.8 Å². The Morgan fingerprint density at radius 2 is 2.22 bits per heavy atom. The number of rotatable bonds is 3. The molecule has 4 nitrogen and oxygen atoms in total. The predicted octanol–water partition coefficient (Wildman–Crippen LogP) is 0.599. The van der Waals surface area contributed by atoms with Gasteiger partial charge in [0.25, 0.3) is 0 Å². The van der Waals surface area contributed by atoms with E-state index >= 15 is 0 Å². The maximum Gasteiger partial charge on any atom is 0.122 e. The summed E-state index contributed by atoms with van der Waals surface area (Å²) in [5.74, 6) is 0.975. The van der Waals surface area contributed by atoms with Gasteiger partial charge in [-0.2, -0.15) is 0 Å². The van der Waals surface area contributed by atoms with Gasteiger partial charge in [0.2, 0.25) is 0 Å². The predicted molar refractivity (Wildman–Crippen MR) is 67.8 cm³/mol. The smallest absolute Gasteiger partial charge is 0.122 e. The topological polar surface area (TPSA) is 64.7 Å². The van der Waals surface area contributed by atoms with Crippen LogP contribution in [-0.4, -0.2) is 37.6 Å². The summed E-state index contributed by atoms with van der Waals surface area (Å²) >= 11 is 0. The number of aliphatic hydroxyl groups excluding tert-OH is 1. The highest BCUT2D eigenvalue weighted by Crippen LogP contribution is 2.38. The Kier molecular flexibility index (Phi) is 3.01. The van der Waals surface area contributed by atoms with Crippen LogP contribution in [0.15, 0.2) is 18.2 Å². The molecule has 0 aromatic heterocycles. The fraction of sp³-hybridized carbons (Fsp3) is 0.571. The Labute approximate surface area is 107 Å². The van der Waals surface area contributed by atoms with Gasteiger partial charge >= 0.3 is 0 Å². The average molecular weight is 249 g/mol. The maximum absolute atomic E-state index is 10.1. The van der Waals surface area contributed by atoms with Crippen LogP contribution in [0, 0.1) is 0 Å². The Balaban J connectivity index is 1.96. The van der Waals surface area contributed by atoms with Crippen LogP contribution in [-0.2, 0) is 16.6 Å². The molecule has 98 valence electrons. The summed E-state index contributed by atoms with van der Waals surface area (Å²) in [4.78, 5) is 0. The lowest BCUT2D eigenvalue weighted by Gasteiger charge is -2.45. The van der Waals surface area contributed by atoms with Gasteiger partial charge in [-0.15, -0.1) is 0 Å². The van der Waals surface area contributed by atoms with Crippen LogP contribution in [0.25, 0.3) is 0 Å². The molecule has 0 spiro atoms. The second-order valence-electron chi connectivity index (χ2n) is 5.17. The lowest BCUT2D eigenvalue weighted by molar-refractivity contribution is -0.116. The van der Waals surface area contributed by atoms with Gasteiger partial charge in [-0.3, -0.25) is 0 Å². The van der Waals surface area contributed by atoms with E-state index in [9.17, 15) is 5.11 Å². The van der Waals surface area contributed by atoms with E-state index in [2.05, 4.69) is 6.07 Å². The van der Waals surface area contributed by atoms with Crippen molar-refractivity contribution in [3.8, 4) is 5.75 Å². The Hall–Kier alpha value is -1.10. The zero-order valence-electron chi connectivity index (χ0n) is 10.4. The van der Waals surface area contributed by atoms with Crippen LogP contribution < -0.4 is 10.5 Å². The molecule has 1 aromatic carbocycles. The summed E-state index contributed by atoms with van der Waals surface area (Å²) in [6.07, 6.45) is 1.55. The van der Waals surface area contributed by atoms with Gasteiger partial charge in [-0.05, 0) is 30.0 Å². The second kappa shape index (κ2) is 4.53. The van der Waals surface area contributed by atoms with Gasteiger partial charge in [-0.1, -0.05) is 12.1 Å². The minimum atomic E-state index is -0.547. The van der Waals surface area contributed by atoms with Gasteiger partial charge < -0.3 is 20.3 Å². The van der Waals surface area contributed by atoms with E-state index < -0.39 is 6.10 Å². The summed E-state index contributed by atoms with van der Waals surface area (Å²) < 4.78 is 10.9. The number of aryl methyl sites for hydroxylation is 1. The normalized spacial score (nSPS) is 22.6. The standard InChI is InChI=1S/C14H19NO3/c15-7-13(16)14(8-17-9-14)11-3-4-12-10(6-11)2-1-5-18-12/h3-4,6,13,16H,1-2,5,7-9,15H2. The fourth-order valence-corrected chi connectivity index (χ4v) is 2.77. The SMILES string of the molecule is NCC(O)C1(c2ccc3c(c2)CCCO3)COC1. The summed E-state index contributed by atoms with van der Waals surface area (Å²) in [6, 6.07) is 6.19. The van der Waals surface area contributed by atoms with Crippen molar-refractivity contribution in [2.24, 2.45) is 5.73 Å². The van der Waals surface area contributed by atoms with E-state index in [1.807, 2.05) is 12.1 Å². The van der Waals surface area contributed by atoms with Crippen molar-refractivity contribution in [3.05, 3.63) is 29.3 Å². The molecule has 1 atom stereocenters. The molecule has 4 heteroatoms. The van der Waals surface area contributed by atoms with E-state index in [-0.39, 0.29) is 12.0 Å². The van der Waals surface area contributed by atoms with Crippen LogP contribution >= 0.6 is 0 Å². The minimum Gasteiger partial charge on any atom is -0.493 e. The van der Waals surface area contributed by atoms with E-state index in [1.54, 1.807) is 0 Å². The van der Waals surface area contributed by atoms with Gasteiger partial charge in [0.15, 0.2) is 0 Å². The Morgan fingerprint density at radius 3 is 2.89 bits per heavy atom. The van der Waals surface area contributed by atoms with Crippen LogP contribution in [0.4, 0.5) is 0 Å². The maximum atomic E-state index is 10.1. The molecule has 3 rings (SSSR count). The van der Waals surface area contributed by atoms with Crippen LogP contribution in [0.2, 0.25) is 0 Å². The lowest BCUT2D eigenvalue weighted by Crippen LogP contribution is -2.57. The second-order valence-corrected chi connectivity index (χ2v) is 5.17. The number of hydrogen-bond donors (Lipinski definition) is 2. The molecule has 1 fully saturated rings. The van der Waals surface area contributed by atoms with Crippen molar-refractivity contribution < 1.29 is 14.6 Å². The molecule has 0 bridgehead atoms. The quantitative estimate of drug-likeness (QED) is 0.823. The number of hydrogen-bond acceptors (Lipinski definition) is 4. The fourth-order valence-electron chi connectivity index (χ4n) is 2.77. The third-order valence-electron chi connectivity index (χ3n) is 4.06. The van der Waals surface area contributed by atoms with Gasteiger partial charge in [0.05, 0.1) is 31.3 Å². The van der Waals surface area contributed by atoms with Crippen molar-refractivity contribution in [2.45, 2.75) is 24.4 Å². The molecule has 1 aromatic rings. The van der Waals surface area contributed by atoms with Crippen molar-refractivity contribution in [2.75, 3.05) is 26.4 Å². The third-order valence-corrected chi connectivity index (χ3v) is 4.06. The van der Waals surface area contributed by atoms with Crippen molar-refractivity contribution in [1.82, 2.24) is 0 Å². The third kappa shape index (κ3) is 1.72. The molecular weight excluding hydrogens is 230 g/mol. The van der Waals surface area contributed by atoms with Gasteiger partial charge in [-0.25, -0.2) is 0 Å². The highest BCUT2D eigenvalue weighted by atomic mass is 16.5. The zero-order valence-corrected chi connectivity index (χ0v) is 10.4. The van der Waals surface area contributed by atoms with Gasteiger partial charge in [0.1, 0.15) is 5.75 Å². The number of aliphatic hydroxyl groups is 1. The minimum absolute atomic E-state index is 0.261. The monoisotopic (exact) mass is 249 g/mol. The van der Waals surface area contributed by atoms with E-state index in [0.29, 0.717) is 13.2 Å². The average Bonchev–Trinajstić information content (AvgIpc) is 2.37. The number of benzene rings is 1. The molecule has 0 amide bonds. The van der Waals surface area contributed by atoms with E-state index in [1.165, 1.54) is 5.56 Å². The van der Waals surface area contributed by atoms with Crippen LogP contribution in [0.1, 0.15) is 17.5 Å². The largest absolute Gasteiger partial charge is 0.493 e. The number of fused-ring (bicyclic) bond motifs is 1. The first-order valence-electron chi connectivity index (χ1n) is 6.48. The first kappa shape index (κ1) is 12.0. The van der Waals surface area contributed by atoms with Crippen molar-refractivity contribution in [3.63, 3.8) is 0 Å². The zero-order chi connectivity index (χ0) is 12.6. The van der Waals surface area contributed by atoms with Crippen LogP contribution in [0.5, 0.6) is 5.75 Å². The summed E-state index contributed by atoms with van der Waals surface area (Å²) in [5.41, 5.74) is 7.65. The molecule has 2 heterocycles. The lowest BCUT2D eigenvalue weighted by atomic mass is 9.73. The molecule has 0 aliphatic carbocycles. The first-order chi connectivity index (χ1) is 8.76. The molecule has 18 heavy (non-hydrogen) atoms. The summed E-state index contributed by atoms with van der Waals surface area (Å²) in [6.45, 7) is 2.15. The summed E-state index contributed by atoms with van der Waals surface area (Å²) in [5, 5.41) is 10.1. The molecule has 1 unspecified atom stereocenters. The van der Waals surface area contributed by atoms with E-state index in [4.69, 9.17) is 15.2 Å². The first-order valence-corrected chi connectivity index (χ1v) is 6.48. The molecule has 2 aliphatic heterocycles. The number of ether oxygens (including phenoxy) is 2. The molecule has 1 saturated heterocycles. The highest BCUT2D eigenvalue weighted by Gasteiger charge is 2.46.